The lowest BCUT2D eigenvalue weighted by atomic mass is 10.0. The van der Waals surface area contributed by atoms with Crippen LogP contribution in [0.2, 0.25) is 0 Å². The molecular formula is C27H45NO4. The summed E-state index contributed by atoms with van der Waals surface area (Å²) >= 11 is 0. The lowest BCUT2D eigenvalue weighted by Gasteiger charge is -2.34. The molecule has 0 saturated heterocycles. The summed E-state index contributed by atoms with van der Waals surface area (Å²) in [5.41, 5.74) is -0.553. The van der Waals surface area contributed by atoms with Crippen LogP contribution in [0.4, 0.5) is 0 Å². The quantitative estimate of drug-likeness (QED) is 0.177. The van der Waals surface area contributed by atoms with Gasteiger partial charge in [-0.1, -0.05) is 69.6 Å². The normalized spacial score (nSPS) is 11.1. The first-order chi connectivity index (χ1) is 15.7. The number of ether oxygens (including phenoxy) is 4. The van der Waals surface area contributed by atoms with Crippen molar-refractivity contribution in [2.45, 2.75) is 76.7 Å². The fraction of sp³-hybridized carbons (Fsp3) is 0.778. The summed E-state index contributed by atoms with van der Waals surface area (Å²) in [5, 5.41) is 3.51. The summed E-state index contributed by atoms with van der Waals surface area (Å²) < 4.78 is 22.6. The number of unbranched alkanes of at least 4 members (excludes halogenated alkanes) is 8. The van der Waals surface area contributed by atoms with Crippen LogP contribution in [-0.4, -0.2) is 64.9 Å². The molecule has 0 bridgehead atoms. The molecule has 1 N–H and O–H groups in total. The van der Waals surface area contributed by atoms with E-state index in [1.807, 2.05) is 0 Å². The molecule has 5 nitrogen and oxygen atoms in total. The average Bonchev–Trinajstić information content (AvgIpc) is 2.80. The van der Waals surface area contributed by atoms with Gasteiger partial charge in [0.15, 0.2) is 0 Å². The van der Waals surface area contributed by atoms with Gasteiger partial charge in [0, 0.05) is 13.2 Å². The second kappa shape index (κ2) is 24.1. The van der Waals surface area contributed by atoms with Crippen LogP contribution >= 0.6 is 0 Å². The molecule has 0 rings (SSSR count). The Morgan fingerprint density at radius 3 is 1.50 bits per heavy atom. The minimum absolute atomic E-state index is 0.223. The SMILES string of the molecule is C#CCOCC(COCC#C)(COCC#C)NCCCCOCCCCCCCCCC. The van der Waals surface area contributed by atoms with Gasteiger partial charge in [0.1, 0.15) is 19.8 Å². The first kappa shape index (κ1) is 30.5. The summed E-state index contributed by atoms with van der Waals surface area (Å²) in [4.78, 5) is 0. The minimum atomic E-state index is -0.553. The lowest BCUT2D eigenvalue weighted by Crippen LogP contribution is -2.57. The zero-order valence-electron chi connectivity index (χ0n) is 20.3. The number of rotatable bonds is 24. The van der Waals surface area contributed by atoms with Crippen LogP contribution in [0, 0.1) is 37.0 Å². The molecule has 32 heavy (non-hydrogen) atoms. The minimum Gasteiger partial charge on any atom is -0.381 e. The van der Waals surface area contributed by atoms with Crippen LogP contribution in [0.1, 0.15) is 71.1 Å². The summed E-state index contributed by atoms with van der Waals surface area (Å²) in [6, 6.07) is 0. The molecule has 0 aromatic carbocycles. The molecule has 5 heteroatoms. The highest BCUT2D eigenvalue weighted by molar-refractivity contribution is 4.93. The highest BCUT2D eigenvalue weighted by Gasteiger charge is 2.31. The van der Waals surface area contributed by atoms with Crippen molar-refractivity contribution in [2.75, 3.05) is 59.4 Å². The maximum Gasteiger partial charge on any atom is 0.107 e. The number of hydrogen-bond acceptors (Lipinski definition) is 5. The van der Waals surface area contributed by atoms with Crippen LogP contribution in [0.25, 0.3) is 0 Å². The Balaban J connectivity index is 4.08. The van der Waals surface area contributed by atoms with Crippen LogP contribution in [0.15, 0.2) is 0 Å². The molecule has 0 heterocycles. The van der Waals surface area contributed by atoms with Gasteiger partial charge in [-0.25, -0.2) is 0 Å². The molecule has 0 aromatic rings. The van der Waals surface area contributed by atoms with Gasteiger partial charge in [0.25, 0.3) is 0 Å². The number of terminal acetylenes is 3. The third-order valence-corrected chi connectivity index (χ3v) is 5.05. The molecule has 0 aliphatic carbocycles. The van der Waals surface area contributed by atoms with Crippen molar-refractivity contribution in [1.82, 2.24) is 5.32 Å². The van der Waals surface area contributed by atoms with Gasteiger partial charge in [0.05, 0.1) is 25.4 Å². The van der Waals surface area contributed by atoms with Gasteiger partial charge >= 0.3 is 0 Å². The highest BCUT2D eigenvalue weighted by atomic mass is 16.5. The fourth-order valence-corrected chi connectivity index (χ4v) is 3.32. The van der Waals surface area contributed by atoms with Crippen molar-refractivity contribution < 1.29 is 18.9 Å². The molecule has 0 atom stereocenters. The van der Waals surface area contributed by atoms with Crippen molar-refractivity contribution in [2.24, 2.45) is 0 Å². The van der Waals surface area contributed by atoms with Gasteiger partial charge in [-0.15, -0.1) is 19.3 Å². The lowest BCUT2D eigenvalue weighted by molar-refractivity contribution is -0.0233. The summed E-state index contributed by atoms with van der Waals surface area (Å²) in [6.07, 6.45) is 28.4. The van der Waals surface area contributed by atoms with Gasteiger partial charge in [0.2, 0.25) is 0 Å². The molecule has 0 aromatic heterocycles. The topological polar surface area (TPSA) is 49.0 Å². The molecule has 0 radical (unpaired) electrons. The Kier molecular flexibility index (Phi) is 23.0. The molecule has 0 aliphatic heterocycles. The maximum absolute atomic E-state index is 5.78. The summed E-state index contributed by atoms with van der Waals surface area (Å²) in [6.45, 7) is 6.38. The third kappa shape index (κ3) is 19.2. The monoisotopic (exact) mass is 447 g/mol. The van der Waals surface area contributed by atoms with E-state index in [1.165, 1.54) is 44.9 Å². The van der Waals surface area contributed by atoms with E-state index in [-0.39, 0.29) is 19.8 Å². The smallest absolute Gasteiger partial charge is 0.107 e. The van der Waals surface area contributed by atoms with Gasteiger partial charge < -0.3 is 24.3 Å². The first-order valence-electron chi connectivity index (χ1n) is 12.1. The van der Waals surface area contributed by atoms with E-state index >= 15 is 0 Å². The third-order valence-electron chi connectivity index (χ3n) is 5.05. The van der Waals surface area contributed by atoms with Crippen molar-refractivity contribution in [3.63, 3.8) is 0 Å². The van der Waals surface area contributed by atoms with E-state index in [0.29, 0.717) is 19.8 Å². The van der Waals surface area contributed by atoms with E-state index in [9.17, 15) is 0 Å². The number of hydrogen-bond donors (Lipinski definition) is 1. The predicted molar refractivity (Wildman–Crippen MR) is 132 cm³/mol. The predicted octanol–water partition coefficient (Wildman–Crippen LogP) is 4.20. The molecule has 0 spiro atoms. The second-order valence-corrected chi connectivity index (χ2v) is 8.09. The Morgan fingerprint density at radius 1 is 0.594 bits per heavy atom. The van der Waals surface area contributed by atoms with Gasteiger partial charge in [-0.3, -0.25) is 0 Å². The molecular weight excluding hydrogens is 402 g/mol. The molecule has 0 aliphatic rings. The Hall–Kier alpha value is -1.52. The van der Waals surface area contributed by atoms with Crippen LogP contribution < -0.4 is 5.32 Å². The zero-order chi connectivity index (χ0) is 23.6. The summed E-state index contributed by atoms with van der Waals surface area (Å²) in [5.74, 6) is 7.45. The van der Waals surface area contributed by atoms with E-state index in [2.05, 4.69) is 30.0 Å². The standard InChI is InChI=1S/C27H45NO4/c1-5-9-10-11-12-13-14-16-22-29-23-17-15-18-28-27(24-30-19-6-2,25-31-20-7-3)26-32-21-8-4/h2-4,28H,5,9-26H2,1H3. The van der Waals surface area contributed by atoms with Crippen molar-refractivity contribution in [3.8, 4) is 37.0 Å². The molecule has 0 amide bonds. The van der Waals surface area contributed by atoms with Crippen molar-refractivity contribution in [1.29, 1.82) is 0 Å². The van der Waals surface area contributed by atoms with Crippen molar-refractivity contribution >= 4 is 0 Å². The molecule has 0 fully saturated rings. The Bertz CT molecular complexity index is 479. The van der Waals surface area contributed by atoms with Gasteiger partial charge in [-0.2, -0.15) is 0 Å². The second-order valence-electron chi connectivity index (χ2n) is 8.09. The van der Waals surface area contributed by atoms with Crippen LogP contribution in [0.3, 0.4) is 0 Å². The van der Waals surface area contributed by atoms with Crippen molar-refractivity contribution in [3.05, 3.63) is 0 Å². The molecule has 0 saturated carbocycles. The van der Waals surface area contributed by atoms with Crippen LogP contribution in [0.5, 0.6) is 0 Å². The van der Waals surface area contributed by atoms with E-state index < -0.39 is 5.54 Å². The average molecular weight is 448 g/mol. The summed E-state index contributed by atoms with van der Waals surface area (Å²) in [7, 11) is 0. The van der Waals surface area contributed by atoms with E-state index in [1.54, 1.807) is 0 Å². The largest absolute Gasteiger partial charge is 0.381 e. The zero-order valence-corrected chi connectivity index (χ0v) is 20.3. The maximum atomic E-state index is 5.78. The highest BCUT2D eigenvalue weighted by Crippen LogP contribution is 2.10. The fourth-order valence-electron chi connectivity index (χ4n) is 3.32. The first-order valence-corrected chi connectivity index (χ1v) is 12.1. The van der Waals surface area contributed by atoms with E-state index in [4.69, 9.17) is 38.2 Å². The van der Waals surface area contributed by atoms with E-state index in [0.717, 1.165) is 39.0 Å². The Labute approximate surface area is 197 Å². The molecule has 182 valence electrons. The van der Waals surface area contributed by atoms with Crippen LogP contribution in [-0.2, 0) is 18.9 Å². The molecule has 0 unspecified atom stereocenters. The Morgan fingerprint density at radius 2 is 1.03 bits per heavy atom. The van der Waals surface area contributed by atoms with Gasteiger partial charge in [-0.05, 0) is 25.8 Å². The number of nitrogens with one attached hydrogen (secondary N) is 1.